The average molecular weight is 778 g/mol. The first kappa shape index (κ1) is 38.9. The molecule has 1 unspecified atom stereocenters. The third kappa shape index (κ3) is 8.13. The normalized spacial score (nSPS) is 23.2. The number of amides is 3. The van der Waals surface area contributed by atoms with Gasteiger partial charge in [-0.2, -0.15) is 4.98 Å². The molecule has 0 radical (unpaired) electrons. The van der Waals surface area contributed by atoms with Crippen LogP contribution < -0.4 is 35.4 Å². The first-order chi connectivity index (χ1) is 27.5. The molecule has 8 rings (SSSR count). The third-order valence-electron chi connectivity index (χ3n) is 13.3. The Balaban J connectivity index is 0.796. The molecule has 2 saturated heterocycles. The average Bonchev–Trinajstić information content (AvgIpc) is 4.01. The van der Waals surface area contributed by atoms with Crippen molar-refractivity contribution in [1.82, 2.24) is 25.5 Å². The summed E-state index contributed by atoms with van der Waals surface area (Å²) in [5.41, 5.74) is 3.93. The standard InChI is InChI=1S/C44H59N9O4/c1-28(2)53-27-44(16-17-44)42(56)51(4)37-26-46-43(49-39(37)53)48-36-12-11-31(23-38(36)57-5)40(54)47-32-24-34(25-32)50(3)19-13-29-14-20-52(21-15-29)33-9-6-8-30(22-33)35-10-7-18-45-41(35)55/h6,8-9,11-12,22-23,26,28-29,32,34-35H,7,10,13-21,24-25,27H2,1-5H3,(H,45,55)(H,47,54)(H,46,48,49). The van der Waals surface area contributed by atoms with Gasteiger partial charge in [-0.15, -0.1) is 0 Å². The van der Waals surface area contributed by atoms with Gasteiger partial charge in [0.1, 0.15) is 11.4 Å². The molecule has 2 saturated carbocycles. The number of carbonyl (C=O) groups excluding carboxylic acids is 3. The molecule has 3 N–H and O–H groups in total. The summed E-state index contributed by atoms with van der Waals surface area (Å²) in [5.74, 6) is 2.51. The number of nitrogens with zero attached hydrogens (tertiary/aromatic N) is 6. The molecule has 3 aromatic rings. The predicted molar refractivity (Wildman–Crippen MR) is 224 cm³/mol. The van der Waals surface area contributed by atoms with Crippen molar-refractivity contribution in [3.8, 4) is 5.75 Å². The van der Waals surface area contributed by atoms with E-state index in [0.29, 0.717) is 47.1 Å². The van der Waals surface area contributed by atoms with Crippen molar-refractivity contribution in [2.75, 3.05) is 73.9 Å². The molecule has 1 spiro atoms. The van der Waals surface area contributed by atoms with Crippen molar-refractivity contribution in [3.05, 3.63) is 59.8 Å². The maximum absolute atomic E-state index is 13.4. The van der Waals surface area contributed by atoms with E-state index in [2.05, 4.69) is 80.8 Å². The van der Waals surface area contributed by atoms with Crippen LogP contribution in [0.1, 0.15) is 93.5 Å². The predicted octanol–water partition coefficient (Wildman–Crippen LogP) is 5.69. The molecule has 1 aromatic heterocycles. The number of carbonyl (C=O) groups is 3. The highest BCUT2D eigenvalue weighted by atomic mass is 16.5. The lowest BCUT2D eigenvalue weighted by atomic mass is 9.84. The summed E-state index contributed by atoms with van der Waals surface area (Å²) in [5, 5.41) is 9.55. The van der Waals surface area contributed by atoms with Crippen LogP contribution in [-0.2, 0) is 9.59 Å². The Morgan fingerprint density at radius 1 is 1.09 bits per heavy atom. The maximum Gasteiger partial charge on any atom is 0.251 e. The van der Waals surface area contributed by atoms with E-state index >= 15 is 0 Å². The van der Waals surface area contributed by atoms with Crippen molar-refractivity contribution in [3.63, 3.8) is 0 Å². The minimum absolute atomic E-state index is 0.0259. The number of aromatic nitrogens is 2. The summed E-state index contributed by atoms with van der Waals surface area (Å²) < 4.78 is 5.71. The monoisotopic (exact) mass is 777 g/mol. The molecule has 304 valence electrons. The van der Waals surface area contributed by atoms with Gasteiger partial charge in [0.25, 0.3) is 5.91 Å². The Morgan fingerprint density at radius 3 is 2.60 bits per heavy atom. The number of fused-ring (bicyclic) bond motifs is 1. The lowest BCUT2D eigenvalue weighted by Crippen LogP contribution is -2.53. The lowest BCUT2D eigenvalue weighted by molar-refractivity contribution is -0.124. The van der Waals surface area contributed by atoms with E-state index in [1.807, 2.05) is 13.1 Å². The van der Waals surface area contributed by atoms with Crippen LogP contribution in [0.15, 0.2) is 48.7 Å². The largest absolute Gasteiger partial charge is 0.495 e. The smallest absolute Gasteiger partial charge is 0.251 e. The van der Waals surface area contributed by atoms with Crippen molar-refractivity contribution < 1.29 is 19.1 Å². The van der Waals surface area contributed by atoms with E-state index in [-0.39, 0.29) is 41.1 Å². The van der Waals surface area contributed by atoms with E-state index < -0.39 is 0 Å². The molecule has 13 nitrogen and oxygen atoms in total. The second-order valence-corrected chi connectivity index (χ2v) is 17.4. The Labute approximate surface area is 336 Å². The zero-order valence-corrected chi connectivity index (χ0v) is 34.2. The highest BCUT2D eigenvalue weighted by Gasteiger charge is 2.55. The van der Waals surface area contributed by atoms with Crippen LogP contribution in [0.3, 0.4) is 0 Å². The highest BCUT2D eigenvalue weighted by Crippen LogP contribution is 2.52. The fraction of sp³-hybridized carbons (Fsp3) is 0.568. The number of rotatable bonds is 12. The number of ether oxygens (including phenoxy) is 1. The minimum Gasteiger partial charge on any atom is -0.495 e. The number of methoxy groups -OCH3 is 1. The minimum atomic E-state index is -0.338. The third-order valence-corrected chi connectivity index (χ3v) is 13.3. The Hall–Kier alpha value is -4.91. The van der Waals surface area contributed by atoms with Gasteiger partial charge < -0.3 is 40.3 Å². The Bertz CT molecular complexity index is 1970. The fourth-order valence-electron chi connectivity index (χ4n) is 9.23. The van der Waals surface area contributed by atoms with E-state index in [0.717, 1.165) is 76.1 Å². The first-order valence-electron chi connectivity index (χ1n) is 21.0. The second-order valence-electron chi connectivity index (χ2n) is 17.4. The van der Waals surface area contributed by atoms with Crippen LogP contribution in [0.4, 0.5) is 28.8 Å². The van der Waals surface area contributed by atoms with Gasteiger partial charge in [-0.1, -0.05) is 12.1 Å². The van der Waals surface area contributed by atoms with Crippen molar-refractivity contribution in [1.29, 1.82) is 0 Å². The molecular formula is C44H59N9O4. The summed E-state index contributed by atoms with van der Waals surface area (Å²) in [6.45, 7) is 8.83. The summed E-state index contributed by atoms with van der Waals surface area (Å²) in [6, 6.07) is 14.8. The molecule has 57 heavy (non-hydrogen) atoms. The number of hydrogen-bond acceptors (Lipinski definition) is 10. The number of hydrogen-bond donors (Lipinski definition) is 3. The molecule has 5 aliphatic rings. The highest BCUT2D eigenvalue weighted by molar-refractivity contribution is 6.03. The molecule has 0 bridgehead atoms. The van der Waals surface area contributed by atoms with Crippen molar-refractivity contribution in [2.24, 2.45) is 11.3 Å². The molecule has 3 amide bonds. The summed E-state index contributed by atoms with van der Waals surface area (Å²) in [4.78, 5) is 57.4. The molecular weight excluding hydrogens is 719 g/mol. The van der Waals surface area contributed by atoms with E-state index in [4.69, 9.17) is 9.72 Å². The van der Waals surface area contributed by atoms with Gasteiger partial charge in [-0.05, 0) is 127 Å². The Morgan fingerprint density at radius 2 is 1.88 bits per heavy atom. The zero-order valence-electron chi connectivity index (χ0n) is 34.2. The SMILES string of the molecule is COc1cc(C(=O)NC2CC(N(C)CCC3CCN(c4cccc(C5CCCNC5=O)c4)CC3)C2)ccc1Nc1ncc2c(n1)N(C(C)C)CC1(CC1)C(=O)N2C. The van der Waals surface area contributed by atoms with Crippen LogP contribution >= 0.6 is 0 Å². The quantitative estimate of drug-likeness (QED) is 0.211. The fourth-order valence-corrected chi connectivity index (χ4v) is 9.23. The number of benzene rings is 2. The van der Waals surface area contributed by atoms with Gasteiger partial charge in [0.2, 0.25) is 17.8 Å². The molecule has 1 atom stereocenters. The van der Waals surface area contributed by atoms with Crippen LogP contribution in [0.5, 0.6) is 5.75 Å². The van der Waals surface area contributed by atoms with Crippen molar-refractivity contribution >= 4 is 46.5 Å². The summed E-state index contributed by atoms with van der Waals surface area (Å²) in [6.07, 6.45) is 10.9. The van der Waals surface area contributed by atoms with Crippen LogP contribution in [0.2, 0.25) is 0 Å². The maximum atomic E-state index is 13.4. The van der Waals surface area contributed by atoms with Gasteiger partial charge in [-0.25, -0.2) is 4.98 Å². The topological polar surface area (TPSA) is 135 Å². The van der Waals surface area contributed by atoms with E-state index in [1.165, 1.54) is 24.9 Å². The van der Waals surface area contributed by atoms with E-state index in [9.17, 15) is 14.4 Å². The van der Waals surface area contributed by atoms with Gasteiger partial charge in [0.15, 0.2) is 5.82 Å². The van der Waals surface area contributed by atoms with Crippen molar-refractivity contribution in [2.45, 2.75) is 95.7 Å². The molecule has 4 heterocycles. The van der Waals surface area contributed by atoms with Crippen LogP contribution in [0, 0.1) is 11.3 Å². The summed E-state index contributed by atoms with van der Waals surface area (Å²) >= 11 is 0. The first-order valence-corrected chi connectivity index (χ1v) is 21.0. The van der Waals surface area contributed by atoms with Gasteiger partial charge in [0.05, 0.1) is 30.3 Å². The van der Waals surface area contributed by atoms with Gasteiger partial charge in [0, 0.05) is 62.6 Å². The Kier molecular flexibility index (Phi) is 11.0. The number of nitrogens with one attached hydrogen (secondary N) is 3. The van der Waals surface area contributed by atoms with E-state index in [1.54, 1.807) is 30.3 Å². The molecule has 2 aromatic carbocycles. The molecule has 2 aliphatic carbocycles. The van der Waals surface area contributed by atoms with Gasteiger partial charge in [-0.3, -0.25) is 14.4 Å². The zero-order chi connectivity index (χ0) is 39.8. The van der Waals surface area contributed by atoms with Gasteiger partial charge >= 0.3 is 0 Å². The second kappa shape index (κ2) is 16.2. The van der Waals surface area contributed by atoms with Crippen LogP contribution in [0.25, 0.3) is 0 Å². The summed E-state index contributed by atoms with van der Waals surface area (Å²) in [7, 11) is 5.62. The van der Waals surface area contributed by atoms with Crippen LogP contribution in [-0.4, -0.2) is 105 Å². The molecule has 4 fully saturated rings. The number of anilines is 5. The number of piperidine rings is 2. The molecule has 3 aliphatic heterocycles. The molecule has 13 heteroatoms. The lowest BCUT2D eigenvalue weighted by Gasteiger charge is -2.42.